The van der Waals surface area contributed by atoms with Gasteiger partial charge >= 0.3 is 0 Å². The van der Waals surface area contributed by atoms with Crippen LogP contribution in [0.2, 0.25) is 0 Å². The number of amides is 1. The summed E-state index contributed by atoms with van der Waals surface area (Å²) in [6, 6.07) is 11.5. The minimum atomic E-state index is -0.361. The van der Waals surface area contributed by atoms with Gasteiger partial charge in [-0.15, -0.1) is 5.10 Å². The second kappa shape index (κ2) is 6.67. The normalized spacial score (nSPS) is 13.7. The SMILES string of the molecule is O=C(CCn1nnc2ccccc2c1=O)N1CCCc2ccc(F)cc21. The highest BCUT2D eigenvalue weighted by molar-refractivity contribution is 5.94. The number of halogens is 1. The highest BCUT2D eigenvalue weighted by Gasteiger charge is 2.23. The summed E-state index contributed by atoms with van der Waals surface area (Å²) < 4.78 is 14.8. The topological polar surface area (TPSA) is 68.1 Å². The molecular weight excluding hydrogens is 335 g/mol. The third kappa shape index (κ3) is 2.96. The summed E-state index contributed by atoms with van der Waals surface area (Å²) >= 11 is 0. The number of anilines is 1. The molecule has 1 aliphatic rings. The predicted molar refractivity (Wildman–Crippen MR) is 95.5 cm³/mol. The van der Waals surface area contributed by atoms with Crippen LogP contribution < -0.4 is 10.5 Å². The van der Waals surface area contributed by atoms with Crippen molar-refractivity contribution < 1.29 is 9.18 Å². The second-order valence-electron chi connectivity index (χ2n) is 6.31. The molecule has 0 aliphatic carbocycles. The summed E-state index contributed by atoms with van der Waals surface area (Å²) in [5.74, 6) is -0.515. The summed E-state index contributed by atoms with van der Waals surface area (Å²) in [4.78, 5) is 26.7. The molecule has 132 valence electrons. The van der Waals surface area contributed by atoms with Gasteiger partial charge in [0.2, 0.25) is 5.91 Å². The van der Waals surface area contributed by atoms with Crippen LogP contribution in [-0.4, -0.2) is 27.4 Å². The number of nitrogens with zero attached hydrogens (tertiary/aromatic N) is 4. The average molecular weight is 352 g/mol. The quantitative estimate of drug-likeness (QED) is 0.725. The molecule has 2 aromatic carbocycles. The molecule has 0 unspecified atom stereocenters. The molecule has 0 saturated carbocycles. The zero-order valence-corrected chi connectivity index (χ0v) is 14.1. The van der Waals surface area contributed by atoms with E-state index >= 15 is 0 Å². The summed E-state index contributed by atoms with van der Waals surface area (Å²) in [5, 5.41) is 8.40. The fourth-order valence-electron chi connectivity index (χ4n) is 3.31. The van der Waals surface area contributed by atoms with Crippen molar-refractivity contribution in [1.29, 1.82) is 0 Å². The standard InChI is InChI=1S/C19H17FN4O2/c20-14-8-7-13-4-3-10-23(17(13)12-14)18(25)9-11-24-19(26)15-5-1-2-6-16(15)21-22-24/h1-2,5-8,12H,3-4,9-11H2. The van der Waals surface area contributed by atoms with Crippen molar-refractivity contribution in [3.8, 4) is 0 Å². The highest BCUT2D eigenvalue weighted by Crippen LogP contribution is 2.28. The van der Waals surface area contributed by atoms with Crippen molar-refractivity contribution >= 4 is 22.5 Å². The fraction of sp³-hybridized carbons (Fsp3) is 0.263. The Kier molecular flexibility index (Phi) is 4.20. The molecule has 2 heterocycles. The molecule has 1 aromatic heterocycles. The van der Waals surface area contributed by atoms with E-state index < -0.39 is 0 Å². The van der Waals surface area contributed by atoms with Crippen molar-refractivity contribution in [2.45, 2.75) is 25.8 Å². The maximum Gasteiger partial charge on any atom is 0.277 e. The molecule has 7 heteroatoms. The summed E-state index contributed by atoms with van der Waals surface area (Å²) in [6.45, 7) is 0.685. The lowest BCUT2D eigenvalue weighted by Crippen LogP contribution is -2.37. The Balaban J connectivity index is 1.55. The Morgan fingerprint density at radius 3 is 2.92 bits per heavy atom. The average Bonchev–Trinajstić information content (AvgIpc) is 2.67. The van der Waals surface area contributed by atoms with Crippen molar-refractivity contribution in [2.24, 2.45) is 0 Å². The lowest BCUT2D eigenvalue weighted by Gasteiger charge is -2.29. The summed E-state index contributed by atoms with van der Waals surface area (Å²) in [6.07, 6.45) is 1.76. The third-order valence-electron chi connectivity index (χ3n) is 4.63. The Bertz CT molecular complexity index is 1050. The van der Waals surface area contributed by atoms with Gasteiger partial charge in [-0.1, -0.05) is 23.4 Å². The van der Waals surface area contributed by atoms with Gasteiger partial charge in [0, 0.05) is 18.7 Å². The number of fused-ring (bicyclic) bond motifs is 2. The van der Waals surface area contributed by atoms with Gasteiger partial charge in [-0.25, -0.2) is 9.07 Å². The van der Waals surface area contributed by atoms with Crippen LogP contribution in [-0.2, 0) is 17.8 Å². The zero-order valence-electron chi connectivity index (χ0n) is 14.1. The first-order chi connectivity index (χ1) is 12.6. The molecule has 0 atom stereocenters. The van der Waals surface area contributed by atoms with Crippen LogP contribution in [0.15, 0.2) is 47.3 Å². The monoisotopic (exact) mass is 352 g/mol. The largest absolute Gasteiger partial charge is 0.312 e. The first-order valence-electron chi connectivity index (χ1n) is 8.55. The maximum atomic E-state index is 13.6. The zero-order chi connectivity index (χ0) is 18.1. The van der Waals surface area contributed by atoms with Crippen LogP contribution in [0.25, 0.3) is 10.9 Å². The molecule has 0 bridgehead atoms. The number of rotatable bonds is 3. The molecule has 4 rings (SSSR count). The van der Waals surface area contributed by atoms with E-state index in [1.807, 2.05) is 0 Å². The number of carbonyl (C=O) groups is 1. The smallest absolute Gasteiger partial charge is 0.277 e. The number of aromatic nitrogens is 3. The van der Waals surface area contributed by atoms with E-state index in [0.717, 1.165) is 18.4 Å². The fourth-order valence-corrected chi connectivity index (χ4v) is 3.31. The van der Waals surface area contributed by atoms with Crippen molar-refractivity contribution in [1.82, 2.24) is 15.0 Å². The van der Waals surface area contributed by atoms with Crippen LogP contribution >= 0.6 is 0 Å². The molecule has 0 N–H and O–H groups in total. The van der Waals surface area contributed by atoms with Crippen molar-refractivity contribution in [2.75, 3.05) is 11.4 Å². The number of hydrogen-bond donors (Lipinski definition) is 0. The molecule has 0 spiro atoms. The molecule has 6 nitrogen and oxygen atoms in total. The summed E-state index contributed by atoms with van der Waals surface area (Å²) in [7, 11) is 0. The van der Waals surface area contributed by atoms with E-state index in [1.165, 1.54) is 16.8 Å². The van der Waals surface area contributed by atoms with Crippen molar-refractivity contribution in [3.63, 3.8) is 0 Å². The first kappa shape index (κ1) is 16.4. The molecule has 0 radical (unpaired) electrons. The molecule has 3 aromatic rings. The van der Waals surface area contributed by atoms with E-state index in [9.17, 15) is 14.0 Å². The predicted octanol–water partition coefficient (Wildman–Crippen LogP) is 2.30. The van der Waals surface area contributed by atoms with E-state index in [2.05, 4.69) is 10.3 Å². The van der Waals surface area contributed by atoms with Crippen LogP contribution in [0, 0.1) is 5.82 Å². The lowest BCUT2D eigenvalue weighted by molar-refractivity contribution is -0.119. The van der Waals surface area contributed by atoms with Gasteiger partial charge in [-0.2, -0.15) is 0 Å². The number of benzene rings is 2. The molecule has 0 fully saturated rings. The highest BCUT2D eigenvalue weighted by atomic mass is 19.1. The minimum absolute atomic E-state index is 0.100. The van der Waals surface area contributed by atoms with Gasteiger partial charge in [-0.3, -0.25) is 9.59 Å². The van der Waals surface area contributed by atoms with E-state index in [1.54, 1.807) is 35.2 Å². The van der Waals surface area contributed by atoms with Gasteiger partial charge < -0.3 is 4.90 Å². The van der Waals surface area contributed by atoms with Crippen LogP contribution in [0.1, 0.15) is 18.4 Å². The Hall–Kier alpha value is -3.09. The Morgan fingerprint density at radius 1 is 1.19 bits per heavy atom. The minimum Gasteiger partial charge on any atom is -0.312 e. The van der Waals surface area contributed by atoms with E-state index in [0.29, 0.717) is 23.1 Å². The molecule has 1 amide bonds. The number of carbonyl (C=O) groups excluding carboxylic acids is 1. The van der Waals surface area contributed by atoms with Gasteiger partial charge in [0.15, 0.2) is 0 Å². The number of aryl methyl sites for hydroxylation is 2. The first-order valence-corrected chi connectivity index (χ1v) is 8.55. The molecular formula is C19H17FN4O2. The molecule has 26 heavy (non-hydrogen) atoms. The summed E-state index contributed by atoms with van der Waals surface area (Å²) in [5.41, 5.74) is 1.85. The van der Waals surface area contributed by atoms with Crippen LogP contribution in [0.3, 0.4) is 0 Å². The van der Waals surface area contributed by atoms with E-state index in [-0.39, 0.29) is 30.2 Å². The Labute approximate surface area is 148 Å². The second-order valence-corrected chi connectivity index (χ2v) is 6.31. The van der Waals surface area contributed by atoms with Crippen molar-refractivity contribution in [3.05, 3.63) is 64.2 Å². The van der Waals surface area contributed by atoms with Gasteiger partial charge in [0.1, 0.15) is 11.3 Å². The molecule has 1 aliphatic heterocycles. The molecule has 0 saturated heterocycles. The van der Waals surface area contributed by atoms with Crippen LogP contribution in [0.4, 0.5) is 10.1 Å². The van der Waals surface area contributed by atoms with Crippen LogP contribution in [0.5, 0.6) is 0 Å². The third-order valence-corrected chi connectivity index (χ3v) is 4.63. The van der Waals surface area contributed by atoms with Gasteiger partial charge in [-0.05, 0) is 42.7 Å². The maximum absolute atomic E-state index is 13.6. The number of hydrogen-bond acceptors (Lipinski definition) is 4. The van der Waals surface area contributed by atoms with E-state index in [4.69, 9.17) is 0 Å². The Morgan fingerprint density at radius 2 is 2.04 bits per heavy atom. The van der Waals surface area contributed by atoms with Gasteiger partial charge in [0.05, 0.1) is 11.9 Å². The lowest BCUT2D eigenvalue weighted by atomic mass is 10.0. The van der Waals surface area contributed by atoms with Gasteiger partial charge in [0.25, 0.3) is 5.56 Å².